The third kappa shape index (κ3) is 0.932. The van der Waals surface area contributed by atoms with Crippen LogP contribution in [0.4, 0.5) is 0 Å². The van der Waals surface area contributed by atoms with E-state index in [9.17, 15) is 4.79 Å². The Morgan fingerprint density at radius 2 is 2.50 bits per heavy atom. The van der Waals surface area contributed by atoms with Gasteiger partial charge in [0.15, 0.2) is 6.10 Å². The molecular formula is C6H9NO2S. The van der Waals surface area contributed by atoms with Gasteiger partial charge in [0.1, 0.15) is 5.37 Å². The summed E-state index contributed by atoms with van der Waals surface area (Å²) in [6.07, 6.45) is 0.691. The first-order valence-electron chi connectivity index (χ1n) is 2.96. The van der Waals surface area contributed by atoms with Gasteiger partial charge in [-0.25, -0.2) is 0 Å². The van der Waals surface area contributed by atoms with E-state index in [1.54, 1.807) is 6.08 Å². The maximum absolute atomic E-state index is 10.7. The van der Waals surface area contributed by atoms with E-state index in [-0.39, 0.29) is 11.3 Å². The highest BCUT2D eigenvalue weighted by molar-refractivity contribution is 7.81. The molecule has 1 amide bonds. The molecule has 0 radical (unpaired) electrons. The second-order valence-corrected chi connectivity index (χ2v) is 2.67. The minimum Gasteiger partial charge on any atom is -0.380 e. The van der Waals surface area contributed by atoms with Crippen LogP contribution in [0.5, 0.6) is 0 Å². The van der Waals surface area contributed by atoms with Gasteiger partial charge in [-0.15, -0.1) is 6.58 Å². The van der Waals surface area contributed by atoms with Gasteiger partial charge in [0.05, 0.1) is 0 Å². The summed E-state index contributed by atoms with van der Waals surface area (Å²) in [5.41, 5.74) is 0. The minimum atomic E-state index is -0.914. The third-order valence-corrected chi connectivity index (χ3v) is 2.02. The number of carbonyl (C=O) groups excluding carboxylic acids is 1. The molecule has 1 heterocycles. The molecule has 1 aliphatic heterocycles. The van der Waals surface area contributed by atoms with Crippen molar-refractivity contribution in [2.45, 2.75) is 11.5 Å². The van der Waals surface area contributed by atoms with Crippen molar-refractivity contribution < 1.29 is 9.90 Å². The summed E-state index contributed by atoms with van der Waals surface area (Å²) in [4.78, 5) is 12.2. The maximum Gasteiger partial charge on any atom is 0.255 e. The molecular weight excluding hydrogens is 150 g/mol. The zero-order chi connectivity index (χ0) is 7.72. The predicted octanol–water partition coefficient (Wildman–Crippen LogP) is -0.369. The normalized spacial score (nSPS) is 31.8. The van der Waals surface area contributed by atoms with Gasteiger partial charge in [-0.2, -0.15) is 12.6 Å². The van der Waals surface area contributed by atoms with Crippen LogP contribution in [-0.2, 0) is 4.79 Å². The zero-order valence-corrected chi connectivity index (χ0v) is 6.29. The lowest BCUT2D eigenvalue weighted by molar-refractivity contribution is -0.157. The summed E-state index contributed by atoms with van der Waals surface area (Å²) in [6.45, 7) is 3.93. The lowest BCUT2D eigenvalue weighted by Gasteiger charge is -2.40. The van der Waals surface area contributed by atoms with E-state index < -0.39 is 6.10 Å². The Labute approximate surface area is 64.7 Å². The average Bonchev–Trinajstić information content (AvgIpc) is 1.98. The van der Waals surface area contributed by atoms with E-state index in [0.717, 1.165) is 0 Å². The highest BCUT2D eigenvalue weighted by atomic mass is 32.1. The number of hydrogen-bond acceptors (Lipinski definition) is 3. The van der Waals surface area contributed by atoms with Crippen LogP contribution >= 0.6 is 12.6 Å². The molecule has 0 saturated carbocycles. The summed E-state index contributed by atoms with van der Waals surface area (Å²) >= 11 is 3.98. The van der Waals surface area contributed by atoms with Gasteiger partial charge in [0.2, 0.25) is 0 Å². The van der Waals surface area contributed by atoms with Crippen molar-refractivity contribution in [3.63, 3.8) is 0 Å². The molecule has 10 heavy (non-hydrogen) atoms. The molecule has 1 rings (SSSR count). The van der Waals surface area contributed by atoms with Crippen LogP contribution in [0.25, 0.3) is 0 Å². The van der Waals surface area contributed by atoms with Crippen LogP contribution in [0.15, 0.2) is 12.7 Å². The van der Waals surface area contributed by atoms with Crippen molar-refractivity contribution >= 4 is 18.5 Å². The summed E-state index contributed by atoms with van der Waals surface area (Å²) in [5, 5.41) is 8.54. The fraction of sp³-hybridized carbons (Fsp3) is 0.500. The van der Waals surface area contributed by atoms with Gasteiger partial charge in [-0.05, 0) is 0 Å². The average molecular weight is 159 g/mol. The summed E-state index contributed by atoms with van der Waals surface area (Å²) < 4.78 is 0. The molecule has 0 spiro atoms. The van der Waals surface area contributed by atoms with Crippen LogP contribution < -0.4 is 0 Å². The SMILES string of the molecule is C=CCN1C(=O)C(O)C1S. The molecule has 4 heteroatoms. The molecule has 0 aromatic heterocycles. The van der Waals surface area contributed by atoms with E-state index in [2.05, 4.69) is 19.2 Å². The second kappa shape index (κ2) is 2.64. The van der Waals surface area contributed by atoms with Gasteiger partial charge >= 0.3 is 0 Å². The number of hydrogen-bond donors (Lipinski definition) is 2. The number of carbonyl (C=O) groups is 1. The van der Waals surface area contributed by atoms with Crippen molar-refractivity contribution in [3.8, 4) is 0 Å². The Morgan fingerprint density at radius 3 is 2.90 bits per heavy atom. The fourth-order valence-electron chi connectivity index (χ4n) is 0.853. The quantitative estimate of drug-likeness (QED) is 0.328. The number of rotatable bonds is 2. The maximum atomic E-state index is 10.7. The van der Waals surface area contributed by atoms with E-state index in [0.29, 0.717) is 6.54 Å². The Morgan fingerprint density at radius 1 is 1.90 bits per heavy atom. The summed E-state index contributed by atoms with van der Waals surface area (Å²) in [5.74, 6) is -0.264. The van der Waals surface area contributed by atoms with Gasteiger partial charge in [0, 0.05) is 6.54 Å². The number of aliphatic hydroxyl groups excluding tert-OH is 1. The third-order valence-electron chi connectivity index (χ3n) is 1.46. The minimum absolute atomic E-state index is 0.264. The number of aliphatic hydroxyl groups is 1. The molecule has 0 bridgehead atoms. The van der Waals surface area contributed by atoms with Crippen LogP contribution in [0.3, 0.4) is 0 Å². The molecule has 1 fully saturated rings. The summed E-state index contributed by atoms with van der Waals surface area (Å²) in [7, 11) is 0. The van der Waals surface area contributed by atoms with Crippen molar-refractivity contribution in [2.75, 3.05) is 6.54 Å². The number of nitrogens with zero attached hydrogens (tertiary/aromatic N) is 1. The van der Waals surface area contributed by atoms with E-state index in [1.807, 2.05) is 0 Å². The largest absolute Gasteiger partial charge is 0.380 e. The van der Waals surface area contributed by atoms with E-state index in [1.165, 1.54) is 4.90 Å². The monoisotopic (exact) mass is 159 g/mol. The van der Waals surface area contributed by atoms with Crippen molar-refractivity contribution in [1.29, 1.82) is 0 Å². The molecule has 56 valence electrons. The number of likely N-dealkylation sites (tertiary alicyclic amines) is 1. The number of β-lactam (4-membered cyclic amide) rings is 1. The molecule has 1 saturated heterocycles. The van der Waals surface area contributed by atoms with Gasteiger partial charge in [0.25, 0.3) is 5.91 Å². The first-order valence-corrected chi connectivity index (χ1v) is 3.47. The standard InChI is InChI=1S/C6H9NO2S/c1-2-3-7-5(9)4(8)6(7)10/h2,4,6,8,10H,1,3H2. The molecule has 0 aromatic rings. The fourth-order valence-corrected chi connectivity index (χ4v) is 1.19. The Kier molecular flexibility index (Phi) is 2.01. The first kappa shape index (κ1) is 7.63. The van der Waals surface area contributed by atoms with E-state index in [4.69, 9.17) is 5.11 Å². The Hall–Kier alpha value is -0.480. The lowest BCUT2D eigenvalue weighted by Crippen LogP contribution is -2.61. The molecule has 2 atom stereocenters. The molecule has 0 aliphatic carbocycles. The van der Waals surface area contributed by atoms with Gasteiger partial charge < -0.3 is 10.0 Å². The van der Waals surface area contributed by atoms with Crippen molar-refractivity contribution in [2.24, 2.45) is 0 Å². The Bertz CT molecular complexity index is 171. The topological polar surface area (TPSA) is 40.5 Å². The summed E-state index contributed by atoms with van der Waals surface area (Å²) in [6, 6.07) is 0. The molecule has 1 aliphatic rings. The highest BCUT2D eigenvalue weighted by Crippen LogP contribution is 2.22. The second-order valence-electron chi connectivity index (χ2n) is 2.14. The van der Waals surface area contributed by atoms with E-state index >= 15 is 0 Å². The van der Waals surface area contributed by atoms with Crippen molar-refractivity contribution in [3.05, 3.63) is 12.7 Å². The van der Waals surface area contributed by atoms with Crippen LogP contribution in [-0.4, -0.2) is 33.9 Å². The van der Waals surface area contributed by atoms with Crippen molar-refractivity contribution in [1.82, 2.24) is 4.90 Å². The van der Waals surface area contributed by atoms with Crippen LogP contribution in [0, 0.1) is 0 Å². The lowest BCUT2D eigenvalue weighted by atomic mass is 10.1. The zero-order valence-electron chi connectivity index (χ0n) is 5.40. The number of thiol groups is 1. The predicted molar refractivity (Wildman–Crippen MR) is 40.7 cm³/mol. The highest BCUT2D eigenvalue weighted by Gasteiger charge is 2.42. The Balaban J connectivity index is 2.49. The first-order chi connectivity index (χ1) is 4.68. The molecule has 2 unspecified atom stereocenters. The molecule has 0 aromatic carbocycles. The smallest absolute Gasteiger partial charge is 0.255 e. The van der Waals surface area contributed by atoms with Gasteiger partial charge in [-0.3, -0.25) is 4.79 Å². The molecule has 3 nitrogen and oxygen atoms in total. The van der Waals surface area contributed by atoms with Crippen LogP contribution in [0.1, 0.15) is 0 Å². The van der Waals surface area contributed by atoms with Gasteiger partial charge in [-0.1, -0.05) is 6.08 Å². The number of amides is 1. The van der Waals surface area contributed by atoms with Crippen LogP contribution in [0.2, 0.25) is 0 Å². The molecule has 1 N–H and O–H groups in total.